The molecule has 180 valence electrons. The van der Waals surface area contributed by atoms with Gasteiger partial charge in [-0.15, -0.1) is 0 Å². The summed E-state index contributed by atoms with van der Waals surface area (Å²) in [5.74, 6) is -2.07. The van der Waals surface area contributed by atoms with Gasteiger partial charge in [-0.3, -0.25) is 9.59 Å². The predicted molar refractivity (Wildman–Crippen MR) is 132 cm³/mol. The fourth-order valence-electron chi connectivity index (χ4n) is 2.93. The number of carbonyl (C=O) groups excluding carboxylic acids is 1. The SMILES string of the molecule is CC(C)(C)c1cc(C(=O)Nc2ccccc2C(=O)O)cc(C(C)(C)C)c1.CCCCC(=O)O. The second-order valence-electron chi connectivity index (χ2n) is 10.1. The molecule has 6 nitrogen and oxygen atoms in total. The number of amides is 1. The first kappa shape index (κ1) is 27.9. The van der Waals surface area contributed by atoms with E-state index in [1.165, 1.54) is 6.07 Å². The third-order valence-electron chi connectivity index (χ3n) is 5.08. The Morgan fingerprint density at radius 1 is 0.848 bits per heavy atom. The molecule has 0 aromatic heterocycles. The summed E-state index contributed by atoms with van der Waals surface area (Å²) in [6, 6.07) is 12.3. The van der Waals surface area contributed by atoms with Crippen LogP contribution in [0, 0.1) is 0 Å². The van der Waals surface area contributed by atoms with E-state index in [0.29, 0.717) is 17.7 Å². The number of hydrogen-bond donors (Lipinski definition) is 3. The number of rotatable bonds is 6. The van der Waals surface area contributed by atoms with E-state index in [1.807, 2.05) is 19.1 Å². The number of benzene rings is 2. The molecule has 0 aliphatic rings. The van der Waals surface area contributed by atoms with E-state index in [9.17, 15) is 19.5 Å². The number of para-hydroxylation sites is 1. The fraction of sp³-hybridized carbons (Fsp3) is 0.444. The molecule has 0 aliphatic heterocycles. The van der Waals surface area contributed by atoms with Crippen LogP contribution in [0.1, 0.15) is 99.6 Å². The van der Waals surface area contributed by atoms with Crippen molar-refractivity contribution in [2.45, 2.75) is 78.6 Å². The maximum atomic E-state index is 12.8. The van der Waals surface area contributed by atoms with Crippen molar-refractivity contribution in [2.24, 2.45) is 0 Å². The molecule has 0 atom stereocenters. The molecule has 3 N–H and O–H groups in total. The van der Waals surface area contributed by atoms with Crippen molar-refractivity contribution >= 4 is 23.5 Å². The van der Waals surface area contributed by atoms with Crippen LogP contribution in [0.4, 0.5) is 5.69 Å². The number of unbranched alkanes of at least 4 members (excludes halogenated alkanes) is 1. The second-order valence-corrected chi connectivity index (χ2v) is 10.1. The summed E-state index contributed by atoms with van der Waals surface area (Å²) in [5, 5.41) is 20.1. The van der Waals surface area contributed by atoms with E-state index in [0.717, 1.165) is 24.0 Å². The number of hydrogen-bond acceptors (Lipinski definition) is 3. The van der Waals surface area contributed by atoms with Crippen LogP contribution < -0.4 is 5.32 Å². The summed E-state index contributed by atoms with van der Waals surface area (Å²) >= 11 is 0. The van der Waals surface area contributed by atoms with Gasteiger partial charge >= 0.3 is 11.9 Å². The van der Waals surface area contributed by atoms with Crippen molar-refractivity contribution in [1.29, 1.82) is 0 Å². The first-order valence-electron chi connectivity index (χ1n) is 11.2. The Morgan fingerprint density at radius 2 is 1.36 bits per heavy atom. The van der Waals surface area contributed by atoms with Gasteiger partial charge in [-0.1, -0.05) is 73.1 Å². The van der Waals surface area contributed by atoms with Gasteiger partial charge < -0.3 is 15.5 Å². The number of nitrogens with one attached hydrogen (secondary N) is 1. The number of carbonyl (C=O) groups is 3. The van der Waals surface area contributed by atoms with Crippen LogP contribution in [0.2, 0.25) is 0 Å². The average Bonchev–Trinajstić information content (AvgIpc) is 2.71. The smallest absolute Gasteiger partial charge is 0.337 e. The Bertz CT molecular complexity index is 948. The van der Waals surface area contributed by atoms with Gasteiger partial charge in [-0.25, -0.2) is 4.79 Å². The quantitative estimate of drug-likeness (QED) is 0.462. The van der Waals surface area contributed by atoms with E-state index in [2.05, 4.69) is 52.9 Å². The zero-order chi connectivity index (χ0) is 25.4. The minimum absolute atomic E-state index is 0.0730. The zero-order valence-corrected chi connectivity index (χ0v) is 20.8. The monoisotopic (exact) mass is 455 g/mol. The van der Waals surface area contributed by atoms with Gasteiger partial charge in [0.25, 0.3) is 5.91 Å². The molecule has 0 spiro atoms. The van der Waals surface area contributed by atoms with Gasteiger partial charge in [0.1, 0.15) is 0 Å². The van der Waals surface area contributed by atoms with Crippen LogP contribution in [0.5, 0.6) is 0 Å². The van der Waals surface area contributed by atoms with Crippen molar-refractivity contribution < 1.29 is 24.6 Å². The first-order valence-corrected chi connectivity index (χ1v) is 11.2. The Labute approximate surface area is 197 Å². The zero-order valence-electron chi connectivity index (χ0n) is 20.8. The molecule has 0 heterocycles. The molecule has 0 saturated carbocycles. The molecular formula is C27H37NO5. The van der Waals surface area contributed by atoms with Crippen LogP contribution >= 0.6 is 0 Å². The summed E-state index contributed by atoms with van der Waals surface area (Å²) < 4.78 is 0. The molecule has 0 fully saturated rings. The standard InChI is InChI=1S/C22H27NO3.C5H10O2/c1-21(2,3)15-11-14(12-16(13-15)22(4,5)6)19(24)23-18-10-8-7-9-17(18)20(25)26;1-2-3-4-5(6)7/h7-13H,1-6H3,(H,23,24)(H,25,26);2-4H2,1H3,(H,6,7). The summed E-state index contributed by atoms with van der Waals surface area (Å²) in [4.78, 5) is 34.0. The summed E-state index contributed by atoms with van der Waals surface area (Å²) in [6.07, 6.45) is 2.08. The molecule has 2 rings (SSSR count). The molecule has 33 heavy (non-hydrogen) atoms. The lowest BCUT2D eigenvalue weighted by Crippen LogP contribution is -2.20. The van der Waals surface area contributed by atoms with E-state index in [1.54, 1.807) is 18.2 Å². The molecule has 0 saturated heterocycles. The second kappa shape index (κ2) is 11.6. The van der Waals surface area contributed by atoms with Crippen molar-refractivity contribution in [2.75, 3.05) is 5.32 Å². The van der Waals surface area contributed by atoms with Crippen molar-refractivity contribution in [1.82, 2.24) is 0 Å². The van der Waals surface area contributed by atoms with Gasteiger partial charge in [-0.2, -0.15) is 0 Å². The van der Waals surface area contributed by atoms with Crippen LogP contribution in [0.15, 0.2) is 42.5 Å². The number of carboxylic acid groups (broad SMARTS) is 2. The Hall–Kier alpha value is -3.15. The van der Waals surface area contributed by atoms with E-state index >= 15 is 0 Å². The van der Waals surface area contributed by atoms with Gasteiger partial charge in [0.05, 0.1) is 11.3 Å². The molecule has 2 aromatic carbocycles. The van der Waals surface area contributed by atoms with Crippen LogP contribution in [-0.4, -0.2) is 28.1 Å². The predicted octanol–water partition coefficient (Wildman–Crippen LogP) is 6.49. The molecular weight excluding hydrogens is 418 g/mol. The van der Waals surface area contributed by atoms with Crippen LogP contribution in [0.3, 0.4) is 0 Å². The van der Waals surface area contributed by atoms with E-state index in [4.69, 9.17) is 5.11 Å². The van der Waals surface area contributed by atoms with Gasteiger partial charge in [-0.05, 0) is 52.6 Å². The van der Waals surface area contributed by atoms with Crippen molar-refractivity contribution in [3.63, 3.8) is 0 Å². The average molecular weight is 456 g/mol. The normalized spacial score (nSPS) is 11.2. The number of carboxylic acids is 2. The molecule has 0 bridgehead atoms. The molecule has 6 heteroatoms. The Kier molecular flexibility index (Phi) is 9.83. The van der Waals surface area contributed by atoms with E-state index in [-0.39, 0.29) is 22.3 Å². The number of anilines is 1. The summed E-state index contributed by atoms with van der Waals surface area (Å²) in [5.41, 5.74) is 2.84. The van der Waals surface area contributed by atoms with Gasteiger partial charge in [0, 0.05) is 12.0 Å². The minimum atomic E-state index is -1.07. The summed E-state index contributed by atoms with van der Waals surface area (Å²) in [6.45, 7) is 14.6. The number of aliphatic carboxylic acids is 1. The van der Waals surface area contributed by atoms with E-state index < -0.39 is 11.9 Å². The Morgan fingerprint density at radius 3 is 1.76 bits per heavy atom. The highest BCUT2D eigenvalue weighted by atomic mass is 16.4. The first-order chi connectivity index (χ1) is 15.2. The lowest BCUT2D eigenvalue weighted by molar-refractivity contribution is -0.137. The lowest BCUT2D eigenvalue weighted by atomic mass is 9.79. The molecule has 1 amide bonds. The maximum absolute atomic E-state index is 12.8. The molecule has 0 radical (unpaired) electrons. The highest BCUT2D eigenvalue weighted by Gasteiger charge is 2.22. The highest BCUT2D eigenvalue weighted by molar-refractivity contribution is 6.08. The van der Waals surface area contributed by atoms with Crippen molar-refractivity contribution in [3.05, 3.63) is 64.7 Å². The van der Waals surface area contributed by atoms with Gasteiger partial charge in [0.2, 0.25) is 0 Å². The van der Waals surface area contributed by atoms with Crippen LogP contribution in [-0.2, 0) is 15.6 Å². The molecule has 2 aromatic rings. The maximum Gasteiger partial charge on any atom is 0.337 e. The number of aromatic carboxylic acids is 1. The lowest BCUT2D eigenvalue weighted by Gasteiger charge is -2.26. The minimum Gasteiger partial charge on any atom is -0.481 e. The van der Waals surface area contributed by atoms with Crippen molar-refractivity contribution in [3.8, 4) is 0 Å². The van der Waals surface area contributed by atoms with Crippen LogP contribution in [0.25, 0.3) is 0 Å². The third kappa shape index (κ3) is 9.08. The fourth-order valence-corrected chi connectivity index (χ4v) is 2.93. The molecule has 0 unspecified atom stereocenters. The van der Waals surface area contributed by atoms with Gasteiger partial charge in [0.15, 0.2) is 0 Å². The largest absolute Gasteiger partial charge is 0.481 e. The Balaban J connectivity index is 0.000000675. The summed E-state index contributed by atoms with van der Waals surface area (Å²) in [7, 11) is 0. The topological polar surface area (TPSA) is 104 Å². The third-order valence-corrected chi connectivity index (χ3v) is 5.08. The molecule has 0 aliphatic carbocycles. The highest BCUT2D eigenvalue weighted by Crippen LogP contribution is 2.30.